The molecule has 0 aliphatic rings. The molecule has 36 heavy (non-hydrogen) atoms. The van der Waals surface area contributed by atoms with Gasteiger partial charge in [-0.2, -0.15) is 4.98 Å². The quantitative estimate of drug-likeness (QED) is 0.231. The zero-order valence-corrected chi connectivity index (χ0v) is 19.6. The van der Waals surface area contributed by atoms with E-state index < -0.39 is 4.92 Å². The maximum Gasteiger partial charge on any atom is 0.269 e. The number of nitrogens with two attached hydrogens (primary N) is 2. The van der Waals surface area contributed by atoms with E-state index in [2.05, 4.69) is 15.3 Å². The van der Waals surface area contributed by atoms with E-state index in [9.17, 15) is 14.9 Å². The number of halogens is 1. The van der Waals surface area contributed by atoms with Crippen molar-refractivity contribution in [2.75, 3.05) is 16.8 Å². The van der Waals surface area contributed by atoms with Crippen molar-refractivity contribution in [1.82, 2.24) is 9.97 Å². The summed E-state index contributed by atoms with van der Waals surface area (Å²) in [5.41, 5.74) is 14.9. The number of amides is 1. The van der Waals surface area contributed by atoms with Crippen LogP contribution in [0.2, 0.25) is 5.02 Å². The van der Waals surface area contributed by atoms with Crippen molar-refractivity contribution >= 4 is 40.6 Å². The lowest BCUT2D eigenvalue weighted by molar-refractivity contribution is -0.384. The monoisotopic (exact) mass is 504 g/mol. The van der Waals surface area contributed by atoms with Gasteiger partial charge in [0.25, 0.3) is 5.69 Å². The minimum Gasteiger partial charge on any atom is -0.487 e. The number of ether oxygens (including phenoxy) is 1. The van der Waals surface area contributed by atoms with E-state index in [1.165, 1.54) is 12.1 Å². The van der Waals surface area contributed by atoms with Crippen LogP contribution in [0.4, 0.5) is 23.1 Å². The second-order valence-corrected chi connectivity index (χ2v) is 8.20. The number of nitrogens with zero attached hydrogens (tertiary/aromatic N) is 3. The minimum atomic E-state index is -0.488. The number of hydrogen-bond acceptors (Lipinski definition) is 8. The van der Waals surface area contributed by atoms with Crippen LogP contribution in [-0.4, -0.2) is 20.8 Å². The van der Waals surface area contributed by atoms with Gasteiger partial charge in [0.05, 0.1) is 17.0 Å². The van der Waals surface area contributed by atoms with E-state index in [0.717, 1.165) is 5.56 Å². The van der Waals surface area contributed by atoms with Gasteiger partial charge in [0.1, 0.15) is 18.2 Å². The lowest BCUT2D eigenvalue weighted by Crippen LogP contribution is -2.14. The molecule has 4 aromatic rings. The Morgan fingerprint density at radius 2 is 1.75 bits per heavy atom. The van der Waals surface area contributed by atoms with Crippen LogP contribution in [0.15, 0.2) is 72.8 Å². The van der Waals surface area contributed by atoms with E-state index in [1.807, 2.05) is 0 Å². The molecule has 1 heterocycles. The number of nitro groups is 1. The molecule has 1 aromatic heterocycles. The summed E-state index contributed by atoms with van der Waals surface area (Å²) < 4.78 is 5.92. The molecule has 0 atom stereocenters. The number of benzene rings is 3. The molecule has 0 bridgehead atoms. The van der Waals surface area contributed by atoms with Crippen LogP contribution >= 0.6 is 11.6 Å². The SMILES string of the molecule is Nc1nc(N)c(-c2ccc(Cl)cc2)c(COc2cccc(NC(=O)Cc3ccc([N+](=O)[O-])cc3)c2)n1. The summed E-state index contributed by atoms with van der Waals surface area (Å²) in [6, 6.07) is 19.8. The molecule has 0 unspecified atom stereocenters. The Hall–Kier alpha value is -4.70. The molecule has 5 N–H and O–H groups in total. The molecule has 1 amide bonds. The largest absolute Gasteiger partial charge is 0.487 e. The van der Waals surface area contributed by atoms with Crippen LogP contribution in [0.1, 0.15) is 11.3 Å². The summed E-state index contributed by atoms with van der Waals surface area (Å²) in [4.78, 5) is 31.1. The fourth-order valence-corrected chi connectivity index (χ4v) is 3.65. The topological polar surface area (TPSA) is 159 Å². The first-order chi connectivity index (χ1) is 17.3. The summed E-state index contributed by atoms with van der Waals surface area (Å²) in [5.74, 6) is 0.454. The molecule has 3 aromatic carbocycles. The van der Waals surface area contributed by atoms with E-state index >= 15 is 0 Å². The summed E-state index contributed by atoms with van der Waals surface area (Å²) in [5, 5.41) is 14.2. The second-order valence-electron chi connectivity index (χ2n) is 7.76. The molecule has 0 aliphatic heterocycles. The van der Waals surface area contributed by atoms with Crippen molar-refractivity contribution < 1.29 is 14.5 Å². The zero-order valence-electron chi connectivity index (χ0n) is 18.8. The Balaban J connectivity index is 1.45. The average molecular weight is 505 g/mol. The summed E-state index contributed by atoms with van der Waals surface area (Å²) in [7, 11) is 0. The van der Waals surface area contributed by atoms with Gasteiger partial charge in [-0.25, -0.2) is 4.98 Å². The predicted molar refractivity (Wildman–Crippen MR) is 138 cm³/mol. The first-order valence-electron chi connectivity index (χ1n) is 10.7. The number of nitro benzene ring substituents is 1. The molecule has 10 nitrogen and oxygen atoms in total. The number of carbonyl (C=O) groups excluding carboxylic acids is 1. The lowest BCUT2D eigenvalue weighted by Gasteiger charge is -2.14. The van der Waals surface area contributed by atoms with E-state index in [4.69, 9.17) is 27.8 Å². The summed E-state index contributed by atoms with van der Waals surface area (Å²) >= 11 is 6.00. The molecular formula is C25H21ClN6O4. The number of anilines is 3. The van der Waals surface area contributed by atoms with Gasteiger partial charge in [0.15, 0.2) is 0 Å². The Morgan fingerprint density at radius 1 is 1.03 bits per heavy atom. The standard InChI is InChI=1S/C25H21ClN6O4/c26-17-8-6-16(7-9-17)23-21(30-25(28)31-24(23)27)14-36-20-3-1-2-18(13-20)29-22(33)12-15-4-10-19(11-5-15)32(34)35/h1-11,13H,12,14H2,(H,29,33)(H4,27,28,30,31). The molecule has 0 saturated heterocycles. The van der Waals surface area contributed by atoms with Gasteiger partial charge in [-0.3, -0.25) is 14.9 Å². The van der Waals surface area contributed by atoms with Crippen LogP contribution in [0.5, 0.6) is 5.75 Å². The van der Waals surface area contributed by atoms with Crippen molar-refractivity contribution in [1.29, 1.82) is 0 Å². The smallest absolute Gasteiger partial charge is 0.269 e. The minimum absolute atomic E-state index is 0.0241. The fraction of sp³-hybridized carbons (Fsp3) is 0.0800. The van der Waals surface area contributed by atoms with Crippen LogP contribution in [-0.2, 0) is 17.8 Å². The average Bonchev–Trinajstić information content (AvgIpc) is 2.84. The van der Waals surface area contributed by atoms with Crippen LogP contribution in [0, 0.1) is 10.1 Å². The summed E-state index contributed by atoms with van der Waals surface area (Å²) in [6.45, 7) is 0.0507. The normalized spacial score (nSPS) is 10.6. The highest BCUT2D eigenvalue weighted by Crippen LogP contribution is 2.30. The molecule has 0 spiro atoms. The third-order valence-electron chi connectivity index (χ3n) is 5.17. The van der Waals surface area contributed by atoms with Crippen molar-refractivity contribution in [3.05, 3.63) is 99.2 Å². The third kappa shape index (κ3) is 6.05. The highest BCUT2D eigenvalue weighted by Gasteiger charge is 2.15. The van der Waals surface area contributed by atoms with Crippen molar-refractivity contribution in [3.63, 3.8) is 0 Å². The first kappa shape index (κ1) is 24.4. The molecule has 4 rings (SSSR count). The molecule has 11 heteroatoms. The number of rotatable bonds is 8. The number of non-ortho nitro benzene ring substituents is 1. The van der Waals surface area contributed by atoms with Gasteiger partial charge >= 0.3 is 0 Å². The Bertz CT molecular complexity index is 1410. The second kappa shape index (κ2) is 10.7. The molecule has 0 fully saturated rings. The highest BCUT2D eigenvalue weighted by molar-refractivity contribution is 6.30. The number of nitrogen functional groups attached to an aromatic ring is 2. The maximum absolute atomic E-state index is 12.5. The van der Waals surface area contributed by atoms with Gasteiger partial charge in [-0.1, -0.05) is 41.9 Å². The number of hydrogen-bond donors (Lipinski definition) is 3. The highest BCUT2D eigenvalue weighted by atomic mass is 35.5. The maximum atomic E-state index is 12.5. The van der Waals surface area contributed by atoms with Crippen molar-refractivity contribution in [2.45, 2.75) is 13.0 Å². The number of aromatic nitrogens is 2. The van der Waals surface area contributed by atoms with E-state index in [-0.39, 0.29) is 36.4 Å². The van der Waals surface area contributed by atoms with Crippen molar-refractivity contribution in [3.8, 4) is 16.9 Å². The number of nitrogens with one attached hydrogen (secondary N) is 1. The Labute approximate surface area is 211 Å². The molecular weight excluding hydrogens is 484 g/mol. The molecule has 0 saturated carbocycles. The zero-order chi connectivity index (χ0) is 25.7. The van der Waals surface area contributed by atoms with Gasteiger partial charge in [-0.15, -0.1) is 0 Å². The lowest BCUT2D eigenvalue weighted by atomic mass is 10.0. The molecule has 0 radical (unpaired) electrons. The van der Waals surface area contributed by atoms with Gasteiger partial charge in [0.2, 0.25) is 11.9 Å². The summed E-state index contributed by atoms with van der Waals surface area (Å²) in [6.07, 6.45) is 0.0625. The van der Waals surface area contributed by atoms with E-state index in [0.29, 0.717) is 33.3 Å². The number of carbonyl (C=O) groups is 1. The van der Waals surface area contributed by atoms with Crippen molar-refractivity contribution in [2.24, 2.45) is 0 Å². The van der Waals surface area contributed by atoms with E-state index in [1.54, 1.807) is 60.7 Å². The first-order valence-corrected chi connectivity index (χ1v) is 11.1. The fourth-order valence-electron chi connectivity index (χ4n) is 3.52. The predicted octanol–water partition coefficient (Wildman–Crippen LogP) is 4.63. The van der Waals surface area contributed by atoms with Gasteiger partial charge in [0, 0.05) is 34.5 Å². The Kier molecular flexibility index (Phi) is 7.26. The molecule has 0 aliphatic carbocycles. The van der Waals surface area contributed by atoms with Gasteiger partial charge in [-0.05, 0) is 35.4 Å². The van der Waals surface area contributed by atoms with Crippen LogP contribution in [0.25, 0.3) is 11.1 Å². The van der Waals surface area contributed by atoms with Crippen LogP contribution in [0.3, 0.4) is 0 Å². The third-order valence-corrected chi connectivity index (χ3v) is 5.42. The van der Waals surface area contributed by atoms with Gasteiger partial charge < -0.3 is 21.5 Å². The molecule has 182 valence electrons. The van der Waals surface area contributed by atoms with Crippen LogP contribution < -0.4 is 21.5 Å². The Morgan fingerprint density at radius 3 is 2.44 bits per heavy atom.